The van der Waals surface area contributed by atoms with E-state index in [1.807, 2.05) is 64.3 Å². The first-order valence-corrected chi connectivity index (χ1v) is 17.6. The number of carbonyl (C=O) groups excluding carboxylic acids is 1. The molecule has 1 saturated carbocycles. The minimum Gasteiger partial charge on any atom is -0.465 e. The number of aryl methyl sites for hydroxylation is 1. The molecule has 45 heavy (non-hydrogen) atoms. The largest absolute Gasteiger partial charge is 0.465 e. The molecule has 0 aromatic heterocycles. The Hall–Kier alpha value is -2.99. The molecule has 0 radical (unpaired) electrons. The lowest BCUT2D eigenvalue weighted by molar-refractivity contribution is 0.0600. The summed E-state index contributed by atoms with van der Waals surface area (Å²) in [6.45, 7) is 20.1. The lowest BCUT2D eigenvalue weighted by atomic mass is 9.92. The van der Waals surface area contributed by atoms with Crippen LogP contribution in [0.2, 0.25) is 0 Å². The molecule has 0 saturated heterocycles. The summed E-state index contributed by atoms with van der Waals surface area (Å²) in [5.41, 5.74) is 6.32. The van der Waals surface area contributed by atoms with E-state index >= 15 is 0 Å². The summed E-state index contributed by atoms with van der Waals surface area (Å²) >= 11 is 3.61. The second-order valence-corrected chi connectivity index (χ2v) is 11.5. The quantitative estimate of drug-likeness (QED) is 0.176. The van der Waals surface area contributed by atoms with Gasteiger partial charge in [0.1, 0.15) is 0 Å². The number of hydrogen-bond donors (Lipinski definition) is 1. The van der Waals surface area contributed by atoms with Crippen LogP contribution in [0.5, 0.6) is 0 Å². The van der Waals surface area contributed by atoms with Crippen molar-refractivity contribution in [1.29, 1.82) is 0 Å². The highest BCUT2D eigenvalue weighted by Gasteiger charge is 2.15. The highest BCUT2D eigenvalue weighted by atomic mass is 79.9. The van der Waals surface area contributed by atoms with E-state index in [-0.39, 0.29) is 5.97 Å². The van der Waals surface area contributed by atoms with Gasteiger partial charge in [-0.3, -0.25) is 9.98 Å². The van der Waals surface area contributed by atoms with Gasteiger partial charge in [-0.25, -0.2) is 4.79 Å². The predicted octanol–water partition coefficient (Wildman–Crippen LogP) is 11.1. The molecule has 1 aliphatic carbocycles. The molecule has 6 heteroatoms. The number of hydrogen-bond acceptors (Lipinski definition) is 5. The van der Waals surface area contributed by atoms with Gasteiger partial charge in [-0.1, -0.05) is 110 Å². The highest BCUT2D eigenvalue weighted by molar-refractivity contribution is 9.12. The van der Waals surface area contributed by atoms with Crippen molar-refractivity contribution in [2.24, 2.45) is 15.9 Å². The number of nitrogens with zero attached hydrogens (tertiary/aromatic N) is 2. The van der Waals surface area contributed by atoms with Crippen molar-refractivity contribution in [1.82, 2.24) is 5.32 Å². The third kappa shape index (κ3) is 19.9. The Morgan fingerprint density at radius 1 is 1.13 bits per heavy atom. The fourth-order valence-corrected chi connectivity index (χ4v) is 4.18. The van der Waals surface area contributed by atoms with Crippen molar-refractivity contribution >= 4 is 33.8 Å². The topological polar surface area (TPSA) is 63.0 Å². The number of esters is 1. The van der Waals surface area contributed by atoms with Gasteiger partial charge in [0, 0.05) is 43.1 Å². The van der Waals surface area contributed by atoms with Crippen LogP contribution < -0.4 is 5.32 Å². The number of benzene rings is 1. The molecule has 250 valence electrons. The van der Waals surface area contributed by atoms with E-state index in [9.17, 15) is 4.79 Å². The van der Waals surface area contributed by atoms with E-state index in [0.29, 0.717) is 11.5 Å². The number of unbranched alkanes of at least 4 members (excludes halogenated alkanes) is 1. The SMILES string of the molecule is C1CC1.C=C/C(=C\C=C/C)CN/C1=C/C(C(CC)CCCC)=N\C(C)=C(/Br)C=NCC1.CC.CCc1ccc(C(=O)OC)cc1. The zero-order valence-corrected chi connectivity index (χ0v) is 31.0. The van der Waals surface area contributed by atoms with E-state index < -0.39 is 0 Å². The molecule has 1 aromatic carbocycles. The summed E-state index contributed by atoms with van der Waals surface area (Å²) in [6.07, 6.45) is 23.3. The van der Waals surface area contributed by atoms with Crippen LogP contribution in [0.3, 0.4) is 0 Å². The number of aliphatic imine (C=N–C) groups is 2. The third-order valence-electron chi connectivity index (χ3n) is 6.92. The molecule has 0 amide bonds. The molecule has 1 atom stereocenters. The van der Waals surface area contributed by atoms with Gasteiger partial charge in [0.05, 0.1) is 22.9 Å². The second-order valence-electron chi connectivity index (χ2n) is 10.6. The Morgan fingerprint density at radius 2 is 1.80 bits per heavy atom. The molecule has 1 aromatic rings. The molecule has 1 heterocycles. The molecular weight excluding hydrogens is 622 g/mol. The van der Waals surface area contributed by atoms with Crippen LogP contribution in [-0.2, 0) is 11.2 Å². The van der Waals surface area contributed by atoms with Crippen molar-refractivity contribution in [3.63, 3.8) is 0 Å². The van der Waals surface area contributed by atoms with Crippen LogP contribution in [-0.4, -0.2) is 38.1 Å². The molecule has 1 N–H and O–H groups in total. The third-order valence-corrected chi connectivity index (χ3v) is 7.70. The van der Waals surface area contributed by atoms with Crippen LogP contribution in [0.4, 0.5) is 0 Å². The molecular formula is C39H60BrN3O2. The number of methoxy groups -OCH3 is 1. The highest BCUT2D eigenvalue weighted by Crippen LogP contribution is 2.21. The lowest BCUT2D eigenvalue weighted by Crippen LogP contribution is -2.21. The number of rotatable bonds is 12. The van der Waals surface area contributed by atoms with Gasteiger partial charge in [-0.2, -0.15) is 0 Å². The van der Waals surface area contributed by atoms with Crippen LogP contribution in [0.25, 0.3) is 0 Å². The van der Waals surface area contributed by atoms with Gasteiger partial charge in [0.2, 0.25) is 0 Å². The van der Waals surface area contributed by atoms with E-state index in [1.165, 1.54) is 62.6 Å². The van der Waals surface area contributed by atoms with E-state index in [0.717, 1.165) is 48.1 Å². The Kier molecular flexibility index (Phi) is 25.5. The number of allylic oxidation sites excluding steroid dienone is 6. The molecule has 1 unspecified atom stereocenters. The molecule has 3 rings (SSSR count). The first kappa shape index (κ1) is 42.0. The molecule has 2 aliphatic rings. The van der Waals surface area contributed by atoms with E-state index in [1.54, 1.807) is 12.1 Å². The van der Waals surface area contributed by atoms with Crippen molar-refractivity contribution in [3.05, 3.63) is 93.8 Å². The van der Waals surface area contributed by atoms with Crippen molar-refractivity contribution < 1.29 is 9.53 Å². The maximum absolute atomic E-state index is 11.0. The fraction of sp³-hybridized carbons (Fsp3) is 0.513. The van der Waals surface area contributed by atoms with Gasteiger partial charge in [0.25, 0.3) is 0 Å². The van der Waals surface area contributed by atoms with Gasteiger partial charge in [-0.05, 0) is 78.4 Å². The van der Waals surface area contributed by atoms with E-state index in [2.05, 4.69) is 70.5 Å². The minimum absolute atomic E-state index is 0.280. The normalized spacial score (nSPS) is 19.0. The van der Waals surface area contributed by atoms with Crippen LogP contribution in [0, 0.1) is 5.92 Å². The average Bonchev–Trinajstić information content (AvgIpc) is 3.97. The van der Waals surface area contributed by atoms with E-state index in [4.69, 9.17) is 4.99 Å². The summed E-state index contributed by atoms with van der Waals surface area (Å²) in [5, 5.41) is 3.59. The Labute approximate surface area is 284 Å². The van der Waals surface area contributed by atoms with Crippen LogP contribution >= 0.6 is 15.9 Å². The first-order chi connectivity index (χ1) is 21.8. The molecule has 1 aliphatic heterocycles. The van der Waals surface area contributed by atoms with Crippen LogP contribution in [0.1, 0.15) is 116 Å². The van der Waals surface area contributed by atoms with Crippen molar-refractivity contribution in [2.75, 3.05) is 20.2 Å². The monoisotopic (exact) mass is 681 g/mol. The zero-order chi connectivity index (χ0) is 33.9. The Morgan fingerprint density at radius 3 is 2.31 bits per heavy atom. The predicted molar refractivity (Wildman–Crippen MR) is 202 cm³/mol. The molecule has 0 bridgehead atoms. The Bertz CT molecular complexity index is 1150. The summed E-state index contributed by atoms with van der Waals surface area (Å²) in [7, 11) is 1.38. The average molecular weight is 683 g/mol. The molecule has 0 spiro atoms. The fourth-order valence-electron chi connectivity index (χ4n) is 3.94. The second kappa shape index (κ2) is 27.3. The van der Waals surface area contributed by atoms with Gasteiger partial charge >= 0.3 is 5.97 Å². The summed E-state index contributed by atoms with van der Waals surface area (Å²) < 4.78 is 5.53. The summed E-state index contributed by atoms with van der Waals surface area (Å²) in [6, 6.07) is 7.44. The van der Waals surface area contributed by atoms with Crippen LogP contribution in [0.15, 0.2) is 92.7 Å². The molecule has 1 fully saturated rings. The van der Waals surface area contributed by atoms with Gasteiger partial charge < -0.3 is 10.1 Å². The molecule has 5 nitrogen and oxygen atoms in total. The number of carbonyl (C=O) groups is 1. The zero-order valence-electron chi connectivity index (χ0n) is 29.4. The minimum atomic E-state index is -0.280. The summed E-state index contributed by atoms with van der Waals surface area (Å²) in [5.74, 6) is 0.193. The van der Waals surface area contributed by atoms with Crippen molar-refractivity contribution in [3.8, 4) is 0 Å². The number of ether oxygens (including phenoxy) is 1. The van der Waals surface area contributed by atoms with Gasteiger partial charge in [-0.15, -0.1) is 0 Å². The maximum Gasteiger partial charge on any atom is 0.337 e. The smallest absolute Gasteiger partial charge is 0.337 e. The Balaban J connectivity index is 0.000000926. The first-order valence-electron chi connectivity index (χ1n) is 16.8. The van der Waals surface area contributed by atoms with Crippen molar-refractivity contribution in [2.45, 2.75) is 106 Å². The number of nitrogens with one attached hydrogen (secondary N) is 1. The maximum atomic E-state index is 11.0. The number of halogens is 1. The lowest BCUT2D eigenvalue weighted by Gasteiger charge is -2.19. The standard InChI is InChI=1S/C24H36BrN3.C10H12O2.C3H6.C2H6/c1-6-10-12-20(8-3)17-27-22-14-15-26-18-23(25)19(5)28-24(16-22)21(9-4)13-11-7-2;1-3-8-4-6-9(7-5-8)10(11)12-2;1-2-3-1;1-2/h6,8,10,12,16,18,21,27H,3,7,9,11,13-15,17H2,1-2,4-5H3;4-7H,3H2,1-2H3;1-3H2;1-2H3/b10-6-,20-12+,22-16+,23-19-,26-18?,28-24+;;;. The summed E-state index contributed by atoms with van der Waals surface area (Å²) in [4.78, 5) is 20.5. The van der Waals surface area contributed by atoms with Gasteiger partial charge in [0.15, 0.2) is 0 Å².